The van der Waals surface area contributed by atoms with E-state index >= 15 is 0 Å². The van der Waals surface area contributed by atoms with E-state index in [1.54, 1.807) is 0 Å². The van der Waals surface area contributed by atoms with Gasteiger partial charge in [-0.05, 0) is 145 Å². The molecule has 0 bridgehead atoms. The molecule has 0 atom stereocenters. The number of rotatable bonds is 4. The molecule has 0 amide bonds. The van der Waals surface area contributed by atoms with E-state index in [0.29, 0.717) is 0 Å². The molecule has 0 saturated heterocycles. The van der Waals surface area contributed by atoms with Crippen molar-refractivity contribution < 1.29 is 4.42 Å². The molecule has 1 aromatic heterocycles. The molecule has 0 fully saturated rings. The van der Waals surface area contributed by atoms with Crippen LogP contribution in [-0.4, -0.2) is 6.71 Å². The SMILES string of the molecule is Cc1cc2c3c(c1)N(c1ccc(C(C)(C)C)cc1-c1ccccc1)c1ccc(C(C)(C)C)cc1B3c1ccc(C(C)(C)C)cc1N2c1ccc(-c2ccc3oc4ccccc4c3c2)cc1. The zero-order valence-corrected chi connectivity index (χ0v) is 39.5. The summed E-state index contributed by atoms with van der Waals surface area (Å²) in [5.74, 6) is 0. The van der Waals surface area contributed by atoms with Crippen LogP contribution in [0.2, 0.25) is 0 Å². The molecular formula is C61H57BN2O. The molecule has 9 aromatic rings. The van der Waals surface area contributed by atoms with E-state index in [-0.39, 0.29) is 23.0 Å². The Balaban J connectivity index is 1.16. The first-order valence-corrected chi connectivity index (χ1v) is 23.3. The Morgan fingerprint density at radius 3 is 1.69 bits per heavy atom. The number of furan rings is 1. The third kappa shape index (κ3) is 6.80. The normalized spacial score (nSPS) is 13.6. The van der Waals surface area contributed by atoms with Crippen molar-refractivity contribution in [2.75, 3.05) is 9.80 Å². The van der Waals surface area contributed by atoms with Gasteiger partial charge in [0.1, 0.15) is 11.2 Å². The predicted octanol–water partition coefficient (Wildman–Crippen LogP) is 15.2. The van der Waals surface area contributed by atoms with Crippen LogP contribution in [0.15, 0.2) is 168 Å². The fraction of sp³-hybridized carbons (Fsp3) is 0.213. The maximum atomic E-state index is 6.20. The molecule has 4 heteroatoms. The average Bonchev–Trinajstić information content (AvgIpc) is 3.66. The molecule has 0 radical (unpaired) electrons. The van der Waals surface area contributed by atoms with E-state index in [9.17, 15) is 0 Å². The molecule has 3 heterocycles. The van der Waals surface area contributed by atoms with Crippen molar-refractivity contribution in [2.45, 2.75) is 85.5 Å². The second kappa shape index (κ2) is 14.6. The van der Waals surface area contributed by atoms with Crippen LogP contribution in [0.25, 0.3) is 44.2 Å². The van der Waals surface area contributed by atoms with Gasteiger partial charge in [-0.1, -0.05) is 159 Å². The van der Waals surface area contributed by atoms with Crippen LogP contribution in [0, 0.1) is 6.92 Å². The van der Waals surface area contributed by atoms with E-state index in [1.807, 2.05) is 12.1 Å². The highest BCUT2D eigenvalue weighted by Crippen LogP contribution is 2.49. The summed E-state index contributed by atoms with van der Waals surface area (Å²) in [6, 6.07) is 61.7. The fourth-order valence-corrected chi connectivity index (χ4v) is 10.4. The van der Waals surface area contributed by atoms with Gasteiger partial charge in [0.2, 0.25) is 0 Å². The summed E-state index contributed by atoms with van der Waals surface area (Å²) in [7, 11) is 0. The maximum Gasteiger partial charge on any atom is 0.252 e. The molecule has 3 nitrogen and oxygen atoms in total. The molecule has 2 aliphatic heterocycles. The van der Waals surface area contributed by atoms with Crippen LogP contribution in [0.1, 0.15) is 84.6 Å². The number of anilines is 6. The summed E-state index contributed by atoms with van der Waals surface area (Å²) < 4.78 is 6.20. The first-order valence-electron chi connectivity index (χ1n) is 23.3. The minimum absolute atomic E-state index is 0.0108. The molecule has 2 aliphatic rings. The molecule has 0 unspecified atom stereocenters. The van der Waals surface area contributed by atoms with Gasteiger partial charge in [-0.3, -0.25) is 0 Å². The monoisotopic (exact) mass is 844 g/mol. The molecule has 0 aliphatic carbocycles. The van der Waals surface area contributed by atoms with Gasteiger partial charge in [-0.15, -0.1) is 0 Å². The summed E-state index contributed by atoms with van der Waals surface area (Å²) in [6.45, 7) is 23.2. The van der Waals surface area contributed by atoms with Crippen LogP contribution in [0.4, 0.5) is 34.1 Å². The Morgan fingerprint density at radius 1 is 0.400 bits per heavy atom. The first kappa shape index (κ1) is 41.0. The molecule has 65 heavy (non-hydrogen) atoms. The number of fused-ring (bicyclic) bond motifs is 7. The number of nitrogens with zero attached hydrogens (tertiary/aromatic N) is 2. The summed E-state index contributed by atoms with van der Waals surface area (Å²) in [5, 5.41) is 2.28. The lowest BCUT2D eigenvalue weighted by molar-refractivity contribution is 0.590. The van der Waals surface area contributed by atoms with Gasteiger partial charge < -0.3 is 14.2 Å². The Hall–Kier alpha value is -6.78. The highest BCUT2D eigenvalue weighted by atomic mass is 16.3. The quantitative estimate of drug-likeness (QED) is 0.165. The maximum absolute atomic E-state index is 6.20. The van der Waals surface area contributed by atoms with Crippen molar-refractivity contribution >= 4 is 79.2 Å². The van der Waals surface area contributed by atoms with E-state index in [0.717, 1.165) is 27.6 Å². The molecule has 0 N–H and O–H groups in total. The van der Waals surface area contributed by atoms with Gasteiger partial charge >= 0.3 is 0 Å². The second-order valence-electron chi connectivity index (χ2n) is 21.6. The van der Waals surface area contributed by atoms with Crippen molar-refractivity contribution in [2.24, 2.45) is 0 Å². The van der Waals surface area contributed by atoms with Gasteiger partial charge in [-0.25, -0.2) is 0 Å². The number of para-hydroxylation sites is 1. The Morgan fingerprint density at radius 2 is 0.985 bits per heavy atom. The number of hydrogen-bond donors (Lipinski definition) is 0. The van der Waals surface area contributed by atoms with E-state index < -0.39 is 0 Å². The first-order chi connectivity index (χ1) is 31.0. The average molecular weight is 845 g/mol. The van der Waals surface area contributed by atoms with Gasteiger partial charge in [0.15, 0.2) is 0 Å². The van der Waals surface area contributed by atoms with Crippen molar-refractivity contribution in [3.8, 4) is 22.3 Å². The van der Waals surface area contributed by atoms with Crippen LogP contribution in [-0.2, 0) is 16.2 Å². The Labute approximate surface area is 385 Å². The lowest BCUT2D eigenvalue weighted by atomic mass is 9.33. The third-order valence-electron chi connectivity index (χ3n) is 14.0. The van der Waals surface area contributed by atoms with Crippen molar-refractivity contribution in [3.63, 3.8) is 0 Å². The molecule has 11 rings (SSSR count). The summed E-state index contributed by atoms with van der Waals surface area (Å²) in [6.07, 6.45) is 0. The van der Waals surface area contributed by atoms with Gasteiger partial charge in [-0.2, -0.15) is 0 Å². The molecular weight excluding hydrogens is 787 g/mol. The number of aryl methyl sites for hydroxylation is 1. The highest BCUT2D eigenvalue weighted by Gasteiger charge is 2.44. The predicted molar refractivity (Wildman–Crippen MR) is 279 cm³/mol. The van der Waals surface area contributed by atoms with Crippen LogP contribution in [0.3, 0.4) is 0 Å². The molecule has 8 aromatic carbocycles. The lowest BCUT2D eigenvalue weighted by Crippen LogP contribution is -2.61. The van der Waals surface area contributed by atoms with E-state index in [1.165, 1.54) is 89.3 Å². The Kier molecular flexibility index (Phi) is 9.22. The van der Waals surface area contributed by atoms with E-state index in [4.69, 9.17) is 4.42 Å². The van der Waals surface area contributed by atoms with Crippen LogP contribution < -0.4 is 26.2 Å². The summed E-state index contributed by atoms with van der Waals surface area (Å²) in [5.41, 5.74) is 23.0. The van der Waals surface area contributed by atoms with Crippen molar-refractivity contribution in [1.29, 1.82) is 0 Å². The summed E-state index contributed by atoms with van der Waals surface area (Å²) >= 11 is 0. The van der Waals surface area contributed by atoms with Crippen LogP contribution >= 0.6 is 0 Å². The fourth-order valence-electron chi connectivity index (χ4n) is 10.4. The van der Waals surface area contributed by atoms with Gasteiger partial charge in [0, 0.05) is 44.8 Å². The number of benzene rings is 8. The Bertz CT molecular complexity index is 3340. The zero-order chi connectivity index (χ0) is 45.2. The van der Waals surface area contributed by atoms with Crippen molar-refractivity contribution in [3.05, 3.63) is 186 Å². The largest absolute Gasteiger partial charge is 0.456 e. The third-order valence-corrected chi connectivity index (χ3v) is 14.0. The highest BCUT2D eigenvalue weighted by molar-refractivity contribution is 7.00. The second-order valence-corrected chi connectivity index (χ2v) is 21.6. The molecule has 0 saturated carbocycles. The lowest BCUT2D eigenvalue weighted by Gasteiger charge is -2.45. The minimum Gasteiger partial charge on any atom is -0.456 e. The zero-order valence-electron chi connectivity index (χ0n) is 39.5. The topological polar surface area (TPSA) is 19.6 Å². The standard InChI is InChI=1S/C61H57BN2O/c1-38-32-54-58-55(33-38)64(51-29-24-42(59(2,3)4)35-47(51)40-16-12-11-13-17-40)52-30-25-43(60(5,6)7)36-50(52)62(58)49-28-23-44(61(8,9)10)37-53(49)63(54)45-26-20-39(21-27-45)41-22-31-57-48(34-41)46-18-14-15-19-56(46)65-57/h11-37H,1-10H3. The van der Waals surface area contributed by atoms with Gasteiger partial charge in [0.05, 0.1) is 5.69 Å². The minimum atomic E-state index is -0.0355. The molecule has 320 valence electrons. The summed E-state index contributed by atoms with van der Waals surface area (Å²) in [4.78, 5) is 5.14. The smallest absolute Gasteiger partial charge is 0.252 e. The van der Waals surface area contributed by atoms with Crippen LogP contribution in [0.5, 0.6) is 0 Å². The van der Waals surface area contributed by atoms with Crippen molar-refractivity contribution in [1.82, 2.24) is 0 Å². The van der Waals surface area contributed by atoms with Gasteiger partial charge in [0.25, 0.3) is 6.71 Å². The number of hydrogen-bond acceptors (Lipinski definition) is 3. The molecule has 0 spiro atoms. The van der Waals surface area contributed by atoms with E-state index in [2.05, 4.69) is 231 Å².